The number of alkyl halides is 3. The number of morpholine rings is 1. The van der Waals surface area contributed by atoms with E-state index >= 15 is 0 Å². The number of amides is 1. The fourth-order valence-corrected chi connectivity index (χ4v) is 2.28. The van der Waals surface area contributed by atoms with Crippen LogP contribution in [-0.4, -0.2) is 37.9 Å². The maximum Gasteiger partial charge on any atom is 0.389 e. The molecule has 1 aliphatic rings. The third kappa shape index (κ3) is 7.67. The van der Waals surface area contributed by atoms with E-state index in [-0.39, 0.29) is 37.2 Å². The van der Waals surface area contributed by atoms with Crippen LogP contribution in [0, 0.1) is 0 Å². The van der Waals surface area contributed by atoms with E-state index in [9.17, 15) is 18.0 Å². The van der Waals surface area contributed by atoms with Gasteiger partial charge in [0, 0.05) is 31.1 Å². The maximum absolute atomic E-state index is 12.2. The number of aryl methyl sites for hydroxylation is 1. The highest BCUT2D eigenvalue weighted by Crippen LogP contribution is 2.23. The first-order chi connectivity index (χ1) is 10.4. The monoisotopic (exact) mass is 352 g/mol. The SMILES string of the molecule is Cl.O=C(CC1COCCN1)Nc1cccc(CCC(F)(F)F)c1. The Labute approximate surface area is 139 Å². The molecule has 2 rings (SSSR count). The fourth-order valence-electron chi connectivity index (χ4n) is 2.28. The summed E-state index contributed by atoms with van der Waals surface area (Å²) >= 11 is 0. The summed E-state index contributed by atoms with van der Waals surface area (Å²) in [6.07, 6.45) is -4.86. The highest BCUT2D eigenvalue weighted by atomic mass is 35.5. The van der Waals surface area contributed by atoms with E-state index < -0.39 is 12.6 Å². The molecule has 0 aromatic heterocycles. The molecule has 0 bridgehead atoms. The second kappa shape index (κ2) is 9.10. The number of carbonyl (C=O) groups excluding carboxylic acids is 1. The Bertz CT molecular complexity index is 506. The minimum atomic E-state index is -4.17. The summed E-state index contributed by atoms with van der Waals surface area (Å²) in [6, 6.07) is 6.48. The van der Waals surface area contributed by atoms with Gasteiger partial charge in [0.1, 0.15) is 0 Å². The fraction of sp³-hybridized carbons (Fsp3) is 0.533. The third-order valence-corrected chi connectivity index (χ3v) is 3.34. The van der Waals surface area contributed by atoms with Crippen molar-refractivity contribution in [2.24, 2.45) is 0 Å². The molecule has 1 amide bonds. The maximum atomic E-state index is 12.2. The third-order valence-electron chi connectivity index (χ3n) is 3.34. The Kier molecular flexibility index (Phi) is 7.81. The molecule has 2 N–H and O–H groups in total. The molecule has 8 heteroatoms. The normalized spacial score (nSPS) is 18.1. The first kappa shape index (κ1) is 19.7. The standard InChI is InChI=1S/C15H19F3N2O2.ClH/c16-15(17,18)5-4-11-2-1-3-12(8-11)20-14(21)9-13-10-22-7-6-19-13;/h1-3,8,13,19H,4-7,9-10H2,(H,20,21);1H. The molecule has 1 aromatic carbocycles. The van der Waals surface area contributed by atoms with Crippen molar-refractivity contribution in [3.8, 4) is 0 Å². The van der Waals surface area contributed by atoms with Crippen LogP contribution in [-0.2, 0) is 16.0 Å². The van der Waals surface area contributed by atoms with E-state index in [1.807, 2.05) is 0 Å². The van der Waals surface area contributed by atoms with E-state index in [1.54, 1.807) is 24.3 Å². The number of rotatable bonds is 5. The van der Waals surface area contributed by atoms with Crippen molar-refractivity contribution in [2.45, 2.75) is 31.5 Å². The minimum absolute atomic E-state index is 0. The van der Waals surface area contributed by atoms with Crippen LogP contribution in [0.1, 0.15) is 18.4 Å². The van der Waals surface area contributed by atoms with Crippen LogP contribution in [0.15, 0.2) is 24.3 Å². The van der Waals surface area contributed by atoms with Crippen molar-refractivity contribution in [3.63, 3.8) is 0 Å². The van der Waals surface area contributed by atoms with Gasteiger partial charge in [-0.2, -0.15) is 13.2 Å². The van der Waals surface area contributed by atoms with E-state index in [1.165, 1.54) is 0 Å². The predicted octanol–water partition coefficient (Wildman–Crippen LogP) is 2.92. The average molecular weight is 353 g/mol. The quantitative estimate of drug-likeness (QED) is 0.856. The topological polar surface area (TPSA) is 50.4 Å². The second-order valence-electron chi connectivity index (χ2n) is 5.29. The van der Waals surface area contributed by atoms with E-state index in [2.05, 4.69) is 10.6 Å². The number of hydrogen-bond donors (Lipinski definition) is 2. The average Bonchev–Trinajstić information content (AvgIpc) is 2.46. The Morgan fingerprint density at radius 3 is 2.83 bits per heavy atom. The van der Waals surface area contributed by atoms with Gasteiger partial charge in [0.05, 0.1) is 13.2 Å². The molecular formula is C15H20ClF3N2O2. The summed E-state index contributed by atoms with van der Waals surface area (Å²) < 4.78 is 41.9. The number of nitrogens with one attached hydrogen (secondary N) is 2. The van der Waals surface area contributed by atoms with Crippen LogP contribution >= 0.6 is 12.4 Å². The number of halogens is 4. The molecule has 0 spiro atoms. The number of hydrogen-bond acceptors (Lipinski definition) is 3. The zero-order valence-corrected chi connectivity index (χ0v) is 13.3. The molecule has 1 unspecified atom stereocenters. The van der Waals surface area contributed by atoms with Crippen molar-refractivity contribution >= 4 is 24.0 Å². The smallest absolute Gasteiger partial charge is 0.378 e. The lowest BCUT2D eigenvalue weighted by atomic mass is 10.1. The molecule has 23 heavy (non-hydrogen) atoms. The molecular weight excluding hydrogens is 333 g/mol. The van der Waals surface area contributed by atoms with Gasteiger partial charge < -0.3 is 15.4 Å². The van der Waals surface area contributed by atoms with Crippen LogP contribution < -0.4 is 10.6 Å². The summed E-state index contributed by atoms with van der Waals surface area (Å²) in [6.45, 7) is 1.84. The summed E-state index contributed by atoms with van der Waals surface area (Å²) in [4.78, 5) is 11.9. The highest BCUT2D eigenvalue weighted by molar-refractivity contribution is 5.91. The summed E-state index contributed by atoms with van der Waals surface area (Å²) in [7, 11) is 0. The molecule has 1 aromatic rings. The first-order valence-corrected chi connectivity index (χ1v) is 7.19. The molecule has 1 aliphatic heterocycles. The van der Waals surface area contributed by atoms with Crippen molar-refractivity contribution in [3.05, 3.63) is 29.8 Å². The molecule has 0 aliphatic carbocycles. The van der Waals surface area contributed by atoms with Gasteiger partial charge in [-0.25, -0.2) is 0 Å². The van der Waals surface area contributed by atoms with Gasteiger partial charge in [0.15, 0.2) is 0 Å². The number of anilines is 1. The van der Waals surface area contributed by atoms with Crippen molar-refractivity contribution < 1.29 is 22.7 Å². The predicted molar refractivity (Wildman–Crippen MR) is 83.9 cm³/mol. The van der Waals surface area contributed by atoms with Gasteiger partial charge in [-0.3, -0.25) is 4.79 Å². The molecule has 1 atom stereocenters. The largest absolute Gasteiger partial charge is 0.389 e. The summed E-state index contributed by atoms with van der Waals surface area (Å²) in [5, 5.41) is 5.88. The van der Waals surface area contributed by atoms with Gasteiger partial charge in [0.2, 0.25) is 5.91 Å². The molecule has 0 saturated carbocycles. The lowest BCUT2D eigenvalue weighted by molar-refractivity contribution is -0.134. The molecule has 4 nitrogen and oxygen atoms in total. The van der Waals surface area contributed by atoms with Gasteiger partial charge in [-0.1, -0.05) is 12.1 Å². The Morgan fingerprint density at radius 2 is 2.17 bits per heavy atom. The Morgan fingerprint density at radius 1 is 1.39 bits per heavy atom. The zero-order valence-electron chi connectivity index (χ0n) is 12.5. The van der Waals surface area contributed by atoms with E-state index in [0.29, 0.717) is 31.0 Å². The van der Waals surface area contributed by atoms with Crippen LogP contribution in [0.3, 0.4) is 0 Å². The highest BCUT2D eigenvalue weighted by Gasteiger charge is 2.26. The number of benzene rings is 1. The van der Waals surface area contributed by atoms with Gasteiger partial charge >= 0.3 is 6.18 Å². The Balaban J connectivity index is 0.00000264. The van der Waals surface area contributed by atoms with Crippen molar-refractivity contribution in [1.82, 2.24) is 5.32 Å². The van der Waals surface area contributed by atoms with E-state index in [0.717, 1.165) is 0 Å². The second-order valence-corrected chi connectivity index (χ2v) is 5.29. The van der Waals surface area contributed by atoms with Crippen LogP contribution in [0.5, 0.6) is 0 Å². The van der Waals surface area contributed by atoms with Gasteiger partial charge in [-0.05, 0) is 24.1 Å². The molecule has 1 fully saturated rings. The van der Waals surface area contributed by atoms with Crippen LogP contribution in [0.4, 0.5) is 18.9 Å². The zero-order chi connectivity index (χ0) is 16.0. The Hall–Kier alpha value is -1.31. The molecule has 1 heterocycles. The van der Waals surface area contributed by atoms with Crippen LogP contribution in [0.2, 0.25) is 0 Å². The minimum Gasteiger partial charge on any atom is -0.378 e. The van der Waals surface area contributed by atoms with Gasteiger partial charge in [-0.15, -0.1) is 12.4 Å². The summed E-state index contributed by atoms with van der Waals surface area (Å²) in [5.74, 6) is -0.184. The van der Waals surface area contributed by atoms with Gasteiger partial charge in [0.25, 0.3) is 0 Å². The van der Waals surface area contributed by atoms with E-state index in [4.69, 9.17) is 4.74 Å². The molecule has 130 valence electrons. The summed E-state index contributed by atoms with van der Waals surface area (Å²) in [5.41, 5.74) is 1.07. The van der Waals surface area contributed by atoms with Crippen molar-refractivity contribution in [1.29, 1.82) is 0 Å². The number of ether oxygens (including phenoxy) is 1. The lowest BCUT2D eigenvalue weighted by Crippen LogP contribution is -2.43. The first-order valence-electron chi connectivity index (χ1n) is 7.19. The molecule has 1 saturated heterocycles. The lowest BCUT2D eigenvalue weighted by Gasteiger charge is -2.23. The van der Waals surface area contributed by atoms with Crippen LogP contribution in [0.25, 0.3) is 0 Å². The number of carbonyl (C=O) groups is 1. The van der Waals surface area contributed by atoms with Crippen molar-refractivity contribution in [2.75, 3.05) is 25.1 Å². The molecule has 0 radical (unpaired) electrons.